The van der Waals surface area contributed by atoms with Gasteiger partial charge in [0.2, 0.25) is 0 Å². The van der Waals surface area contributed by atoms with Gasteiger partial charge in [-0.15, -0.1) is 0 Å². The van der Waals surface area contributed by atoms with Crippen LogP contribution >= 0.6 is 20.8 Å². The Bertz CT molecular complexity index is 1210. The molecule has 0 bridgehead atoms. The Morgan fingerprint density at radius 3 is 1.29 bits per heavy atom. The molecule has 0 N–H and O–H groups in total. The molecule has 4 aromatic rings. The first kappa shape index (κ1) is 24.8. The number of rotatable bonds is 7. The third-order valence-electron chi connectivity index (χ3n) is 5.83. The Balaban J connectivity index is 2.02. The second kappa shape index (κ2) is 10.2. The number of esters is 2. The van der Waals surface area contributed by atoms with Crippen molar-refractivity contribution in [2.24, 2.45) is 0 Å². The van der Waals surface area contributed by atoms with Gasteiger partial charge in [0.25, 0.3) is 0 Å². The van der Waals surface area contributed by atoms with Crippen LogP contribution in [-0.4, -0.2) is 11.9 Å². The van der Waals surface area contributed by atoms with Gasteiger partial charge in [-0.1, -0.05) is 0 Å². The third-order valence-corrected chi connectivity index (χ3v) is 15.3. The molecule has 0 spiro atoms. The van der Waals surface area contributed by atoms with E-state index in [1.54, 1.807) is 6.07 Å². The summed E-state index contributed by atoms with van der Waals surface area (Å²) in [6, 6.07) is 36.4. The van der Waals surface area contributed by atoms with Crippen LogP contribution in [0.1, 0.15) is 19.4 Å². The maximum absolute atomic E-state index is 11.7. The molecule has 0 aliphatic heterocycles. The average molecular weight is 549 g/mol. The first-order chi connectivity index (χ1) is 16.8. The first-order valence-electron chi connectivity index (χ1n) is 11.2. The van der Waals surface area contributed by atoms with Crippen molar-refractivity contribution in [2.75, 3.05) is 0 Å². The Morgan fingerprint density at radius 1 is 0.629 bits per heavy atom. The van der Waals surface area contributed by atoms with Crippen LogP contribution in [0.5, 0.6) is 11.5 Å². The molecule has 35 heavy (non-hydrogen) atoms. The molecule has 0 fully saturated rings. The summed E-state index contributed by atoms with van der Waals surface area (Å²) < 4.78 is 10.8. The van der Waals surface area contributed by atoms with E-state index in [0.717, 1.165) is 21.5 Å². The molecule has 0 aliphatic rings. The molecular formula is C29H26BrO4P. The van der Waals surface area contributed by atoms with Crippen LogP contribution in [0.25, 0.3) is 0 Å². The second-order valence-corrected chi connectivity index (χ2v) is 17.3. The zero-order valence-corrected chi connectivity index (χ0v) is 22.0. The van der Waals surface area contributed by atoms with Gasteiger partial charge in [-0.3, -0.25) is 0 Å². The first-order valence-corrected chi connectivity index (χ1v) is 15.6. The van der Waals surface area contributed by atoms with Gasteiger partial charge in [0.1, 0.15) is 0 Å². The molecule has 0 amide bonds. The van der Waals surface area contributed by atoms with E-state index in [9.17, 15) is 9.59 Å². The van der Waals surface area contributed by atoms with E-state index < -0.39 is 17.2 Å². The molecule has 4 nitrogen and oxygen atoms in total. The fourth-order valence-electron chi connectivity index (χ4n) is 4.45. The minimum absolute atomic E-state index is 0.331. The van der Waals surface area contributed by atoms with E-state index in [1.807, 2.05) is 66.7 Å². The van der Waals surface area contributed by atoms with Crippen LogP contribution in [0.15, 0.2) is 109 Å². The van der Waals surface area contributed by atoms with E-state index in [-0.39, 0.29) is 0 Å². The van der Waals surface area contributed by atoms with Crippen molar-refractivity contribution < 1.29 is 19.1 Å². The van der Waals surface area contributed by atoms with Crippen LogP contribution in [0.2, 0.25) is 0 Å². The Kier molecular flexibility index (Phi) is 7.20. The standard InChI is InChI=1S/C29H26BrO4P/c1-22(31)33-25-18-24(19-26(20-25)34-23(2)32)21-35(30,27-12-6-3-7-13-27,28-14-8-4-9-15-28)29-16-10-5-11-17-29/h3-20H,21H2,1-2H3. The molecule has 4 rings (SSSR count). The van der Waals surface area contributed by atoms with E-state index in [0.29, 0.717) is 17.7 Å². The summed E-state index contributed by atoms with van der Waals surface area (Å²) in [4.78, 5) is 23.5. The van der Waals surface area contributed by atoms with E-state index in [4.69, 9.17) is 9.47 Å². The van der Waals surface area contributed by atoms with E-state index in [2.05, 4.69) is 51.9 Å². The van der Waals surface area contributed by atoms with Gasteiger partial charge in [-0.25, -0.2) is 0 Å². The second-order valence-electron chi connectivity index (χ2n) is 8.35. The zero-order valence-electron chi connectivity index (χ0n) is 19.6. The van der Waals surface area contributed by atoms with Gasteiger partial charge in [-0.2, -0.15) is 0 Å². The van der Waals surface area contributed by atoms with Crippen LogP contribution in [0.4, 0.5) is 0 Å². The molecule has 0 aromatic heterocycles. The topological polar surface area (TPSA) is 52.6 Å². The normalized spacial score (nSPS) is 12.3. The molecule has 0 unspecified atom stereocenters. The summed E-state index contributed by atoms with van der Waals surface area (Å²) in [5.74, 6) is -0.223. The van der Waals surface area contributed by atoms with Crippen LogP contribution < -0.4 is 25.4 Å². The van der Waals surface area contributed by atoms with Crippen molar-refractivity contribution in [3.05, 3.63) is 115 Å². The predicted octanol–water partition coefficient (Wildman–Crippen LogP) is 5.88. The molecule has 0 radical (unpaired) electrons. The molecule has 0 heterocycles. The van der Waals surface area contributed by atoms with Crippen molar-refractivity contribution >= 4 is 48.6 Å². The summed E-state index contributed by atoms with van der Waals surface area (Å²) in [5, 5.41) is 0.185. The van der Waals surface area contributed by atoms with Crippen molar-refractivity contribution in [3.8, 4) is 11.5 Å². The van der Waals surface area contributed by atoms with Crippen molar-refractivity contribution in [1.82, 2.24) is 0 Å². The Morgan fingerprint density at radius 2 is 0.971 bits per heavy atom. The minimum atomic E-state index is -3.28. The van der Waals surface area contributed by atoms with Crippen LogP contribution in [0, 0.1) is 0 Å². The van der Waals surface area contributed by atoms with Gasteiger partial charge in [0.05, 0.1) is 0 Å². The molecule has 178 valence electrons. The number of benzene rings is 4. The van der Waals surface area contributed by atoms with Gasteiger partial charge in [0, 0.05) is 0 Å². The Labute approximate surface area is 213 Å². The number of carbonyl (C=O) groups is 2. The molecule has 0 atom stereocenters. The van der Waals surface area contributed by atoms with Crippen LogP contribution in [-0.2, 0) is 15.8 Å². The average Bonchev–Trinajstić information content (AvgIpc) is 2.85. The Hall–Kier alpha value is -3.27. The van der Waals surface area contributed by atoms with Gasteiger partial charge < -0.3 is 0 Å². The van der Waals surface area contributed by atoms with Crippen LogP contribution in [0.3, 0.4) is 0 Å². The molecular weight excluding hydrogens is 523 g/mol. The van der Waals surface area contributed by atoms with Gasteiger partial charge in [-0.05, 0) is 0 Å². The monoisotopic (exact) mass is 548 g/mol. The number of carbonyl (C=O) groups excluding carboxylic acids is 2. The molecule has 0 aliphatic carbocycles. The summed E-state index contributed by atoms with van der Waals surface area (Å²) in [6.45, 7) is 2.70. The third kappa shape index (κ3) is 5.07. The van der Waals surface area contributed by atoms with Crippen molar-refractivity contribution in [3.63, 3.8) is 0 Å². The fourth-order valence-corrected chi connectivity index (χ4v) is 12.1. The molecule has 0 saturated carbocycles. The van der Waals surface area contributed by atoms with Crippen molar-refractivity contribution in [1.29, 1.82) is 0 Å². The van der Waals surface area contributed by atoms with Gasteiger partial charge in [0.15, 0.2) is 0 Å². The molecule has 6 heteroatoms. The van der Waals surface area contributed by atoms with E-state index >= 15 is 0 Å². The number of hydrogen-bond donors (Lipinski definition) is 0. The quantitative estimate of drug-likeness (QED) is 0.164. The summed E-state index contributed by atoms with van der Waals surface area (Å²) in [7, 11) is 0. The van der Waals surface area contributed by atoms with Gasteiger partial charge >= 0.3 is 214 Å². The van der Waals surface area contributed by atoms with E-state index in [1.165, 1.54) is 13.8 Å². The summed E-state index contributed by atoms with van der Waals surface area (Å²) in [6.07, 6.45) is 0.563. The molecule has 4 aromatic carbocycles. The summed E-state index contributed by atoms with van der Waals surface area (Å²) >= 11 is 4.42. The van der Waals surface area contributed by atoms with Crippen molar-refractivity contribution in [2.45, 2.75) is 20.0 Å². The maximum atomic E-state index is 11.7. The number of ether oxygens (including phenoxy) is 2. The zero-order chi connectivity index (χ0) is 24.9. The fraction of sp³-hybridized carbons (Fsp3) is 0.103. The SMILES string of the molecule is CC(=O)Oc1cc(CP(Br)(c2ccccc2)(c2ccccc2)c2ccccc2)cc(OC(C)=O)c1. The summed E-state index contributed by atoms with van der Waals surface area (Å²) in [5.41, 5.74) is 0.867. The number of halogens is 1. The number of hydrogen-bond acceptors (Lipinski definition) is 4. The molecule has 0 saturated heterocycles. The predicted molar refractivity (Wildman–Crippen MR) is 147 cm³/mol.